The van der Waals surface area contributed by atoms with Crippen LogP contribution in [-0.4, -0.2) is 254 Å². The van der Waals surface area contributed by atoms with Crippen molar-refractivity contribution in [2.75, 3.05) is 112 Å². The van der Waals surface area contributed by atoms with Gasteiger partial charge in [-0.15, -0.1) is 0 Å². The summed E-state index contributed by atoms with van der Waals surface area (Å²) >= 11 is 0. The Balaban J connectivity index is 0.000000862. The van der Waals surface area contributed by atoms with Crippen molar-refractivity contribution in [1.82, 2.24) is 26.3 Å². The Morgan fingerprint density at radius 3 is 1.26 bits per heavy atom. The molecule has 36 heteroatoms. The van der Waals surface area contributed by atoms with E-state index < -0.39 is 128 Å². The van der Waals surface area contributed by atoms with E-state index in [2.05, 4.69) is 40.5 Å². The number of carbonyl (C=O) groups excluding carboxylic acids is 10. The number of cyclic esters (lactones) is 2. The molecule has 584 valence electrons. The lowest BCUT2D eigenvalue weighted by Crippen LogP contribution is -2.40. The molecule has 1 fully saturated rings. The third-order valence-corrected chi connectivity index (χ3v) is 13.1. The maximum absolute atomic E-state index is 12.4. The molecule has 0 spiro atoms. The molecule has 4 rings (SSSR count). The van der Waals surface area contributed by atoms with Gasteiger partial charge in [0.1, 0.15) is 93.7 Å². The number of unbranched alkanes of at least 4 members (excludes halogenated alkanes) is 4. The number of hydrogen-bond donors (Lipinski definition) is 8. The summed E-state index contributed by atoms with van der Waals surface area (Å²) < 4.78 is 82.6. The number of aliphatic hydroxyl groups is 4. The van der Waals surface area contributed by atoms with Crippen LogP contribution in [0, 0.1) is 0 Å². The van der Waals surface area contributed by atoms with Crippen LogP contribution >= 0.6 is 0 Å². The molecule has 0 radical (unpaired) electrons. The Hall–Kier alpha value is -8.59. The van der Waals surface area contributed by atoms with Crippen LogP contribution in [0.25, 0.3) is 0 Å². The number of nitrogens with one attached hydrogen (secondary N) is 4. The number of furan rings is 2. The van der Waals surface area contributed by atoms with Crippen LogP contribution in [0.4, 0.5) is 15.3 Å². The van der Waals surface area contributed by atoms with Gasteiger partial charge in [-0.3, -0.25) is 14.6 Å². The van der Waals surface area contributed by atoms with Crippen LogP contribution < -0.4 is 26.2 Å². The first kappa shape index (κ1) is 92.4. The molecule has 1 aliphatic heterocycles. The largest absolute Gasteiger partial charge is 0.463 e. The highest BCUT2D eigenvalue weighted by Gasteiger charge is 2.32. The van der Waals surface area contributed by atoms with Gasteiger partial charge in [0.25, 0.3) is 0 Å². The zero-order valence-electron chi connectivity index (χ0n) is 60.7. The topological polar surface area (TPSA) is 471 Å². The van der Waals surface area contributed by atoms with Crippen molar-refractivity contribution < 1.29 is 144 Å². The van der Waals surface area contributed by atoms with Crippen LogP contribution in [0.3, 0.4) is 0 Å². The number of nitrogens with zero attached hydrogens (tertiary/aromatic N) is 2. The first-order chi connectivity index (χ1) is 49.0. The third-order valence-electron chi connectivity index (χ3n) is 13.1. The van der Waals surface area contributed by atoms with Crippen molar-refractivity contribution in [2.45, 2.75) is 181 Å². The third kappa shape index (κ3) is 45.9. The van der Waals surface area contributed by atoms with Gasteiger partial charge in [-0.25, -0.2) is 38.4 Å². The van der Waals surface area contributed by atoms with E-state index >= 15 is 0 Å². The van der Waals surface area contributed by atoms with Gasteiger partial charge in [0.15, 0.2) is 36.6 Å². The van der Waals surface area contributed by atoms with Gasteiger partial charge in [-0.05, 0) is 131 Å². The first-order valence-corrected chi connectivity index (χ1v) is 33.3. The summed E-state index contributed by atoms with van der Waals surface area (Å²) in [6.45, 7) is 11.3. The highest BCUT2D eigenvalue weighted by Crippen LogP contribution is 2.15. The summed E-state index contributed by atoms with van der Waals surface area (Å²) in [5, 5.41) is 49.0. The lowest BCUT2D eigenvalue weighted by atomic mass is 10.2. The molecule has 36 nitrogen and oxygen atoms in total. The number of carbonyl (C=O) groups is 10. The summed E-state index contributed by atoms with van der Waals surface area (Å²) in [6, 6.07) is 10.6. The summed E-state index contributed by atoms with van der Waals surface area (Å²) in [5.74, 6) is -4.17. The molecule has 1 saturated heterocycles. The van der Waals surface area contributed by atoms with Crippen LogP contribution in [0.1, 0.15) is 117 Å². The van der Waals surface area contributed by atoms with Gasteiger partial charge in [-0.1, -0.05) is 12.8 Å². The average Bonchev–Trinajstić information content (AvgIpc) is 1.92. The van der Waals surface area contributed by atoms with Gasteiger partial charge in [0.2, 0.25) is 0 Å². The minimum atomic E-state index is -1.44. The van der Waals surface area contributed by atoms with Crippen LogP contribution in [-0.2, 0) is 131 Å². The highest BCUT2D eigenvalue weighted by molar-refractivity contribution is 5.87. The van der Waals surface area contributed by atoms with E-state index in [-0.39, 0.29) is 72.7 Å². The fourth-order valence-electron chi connectivity index (χ4n) is 7.60. The Labute approximate surface area is 598 Å². The van der Waals surface area contributed by atoms with Crippen LogP contribution in [0.15, 0.2) is 57.6 Å². The monoisotopic (exact) mass is 1470 g/mol. The van der Waals surface area contributed by atoms with Crippen LogP contribution in [0.5, 0.6) is 0 Å². The second-order valence-electron chi connectivity index (χ2n) is 22.9. The molecule has 103 heavy (non-hydrogen) atoms. The number of rotatable bonds is 45. The van der Waals surface area contributed by atoms with E-state index in [9.17, 15) is 68.4 Å². The molecule has 4 heterocycles. The number of pyridine rings is 1. The molecule has 10 unspecified atom stereocenters. The fraction of sp³-hybridized carbons (Fsp3) is 0.657. The number of aromatic nitrogens is 1. The standard InChI is InChI=1S/C33H52N2O17.C21H36N2O9.C7H10N2.C6H8O4/c1-20(36)29(39)48-22(3)31(41)47-19-28(52-33(43)35-13-9-7-8-12-34-6)17-45-15-26-11-10-25(50-26)14-44-16-27(18-46-24(5)38)51-32(42)23(4)49-30(40)21(2)37;1-16(25)30-12-17(26)11-28-13-18-6-7-19(31-18)14-29-15-20(10-24)32-21(27)23-9-5-3-4-8-22-2;1-9(2)7-3-5-8-6-4-7;1-3-5(7)10-4(2)6(8)9-3/h10-11,20-23,27-28,34,36-37H,7-9,12-19H2,1-6H3,(H,35,43);6-7,17,20,22,24,26H,3-5,8-15H2,1-2H3,(H,23,27);3-6H,1-2H3;3-4H,1-2H3. The molecule has 0 bridgehead atoms. The van der Waals surface area contributed by atoms with E-state index in [4.69, 9.17) is 60.9 Å². The predicted molar refractivity (Wildman–Crippen MR) is 359 cm³/mol. The molecule has 3 aromatic rings. The SMILES string of the molecule is CC1OC(=O)C(C)OC1=O.CN(C)c1ccncc1.CNCCCCCNC(=O)OC(CO)COCc1ccc(COCC(O)COC(C)=O)o1.CNCCCCCNC(=O)OC(COCc1ccc(COCC(COC(C)=O)OC(=O)C(C)OC(=O)C(C)O)o1)COC(=O)C(C)OC(=O)C(C)O. The Bertz CT molecular complexity index is 2870. The van der Waals surface area contributed by atoms with E-state index in [1.807, 2.05) is 45.2 Å². The zero-order chi connectivity index (χ0) is 77.1. The van der Waals surface area contributed by atoms with Crippen molar-refractivity contribution >= 4 is 65.6 Å². The second-order valence-corrected chi connectivity index (χ2v) is 22.9. The Morgan fingerprint density at radius 2 is 0.864 bits per heavy atom. The van der Waals surface area contributed by atoms with Crippen LogP contribution in [0.2, 0.25) is 0 Å². The van der Waals surface area contributed by atoms with Gasteiger partial charge in [-0.2, -0.15) is 0 Å². The Morgan fingerprint density at radius 1 is 0.485 bits per heavy atom. The number of esters is 8. The predicted octanol–water partition coefficient (Wildman–Crippen LogP) is 2.17. The lowest BCUT2D eigenvalue weighted by Gasteiger charge is -2.22. The quantitative estimate of drug-likeness (QED) is 0.0228. The van der Waals surface area contributed by atoms with E-state index in [0.29, 0.717) is 36.1 Å². The van der Waals surface area contributed by atoms with E-state index in [1.54, 1.807) is 36.7 Å². The van der Waals surface area contributed by atoms with E-state index in [1.165, 1.54) is 61.1 Å². The highest BCUT2D eigenvalue weighted by atomic mass is 16.7. The molecule has 10 atom stereocenters. The van der Waals surface area contributed by atoms with Gasteiger partial charge in [0.05, 0.1) is 33.0 Å². The number of ether oxygens (including phenoxy) is 14. The fourth-order valence-corrected chi connectivity index (χ4v) is 7.60. The summed E-state index contributed by atoms with van der Waals surface area (Å²) in [6.07, 6.45) is -3.17. The molecule has 3 aromatic heterocycles. The summed E-state index contributed by atoms with van der Waals surface area (Å²) in [7, 11) is 7.77. The molecule has 8 N–H and O–H groups in total. The maximum Gasteiger partial charge on any atom is 0.407 e. The molecular formula is C67H106N6O30. The van der Waals surface area contributed by atoms with Crippen molar-refractivity contribution in [3.63, 3.8) is 0 Å². The molecule has 0 saturated carbocycles. The zero-order valence-corrected chi connectivity index (χ0v) is 60.7. The second kappa shape index (κ2) is 55.0. The van der Waals surface area contributed by atoms with Crippen molar-refractivity contribution in [1.29, 1.82) is 0 Å². The smallest absolute Gasteiger partial charge is 0.407 e. The summed E-state index contributed by atoms with van der Waals surface area (Å²) in [5.41, 5.74) is 1.19. The lowest BCUT2D eigenvalue weighted by molar-refractivity contribution is -0.191. The number of hydrogen-bond acceptors (Lipinski definition) is 34. The van der Waals surface area contributed by atoms with Crippen molar-refractivity contribution in [3.05, 3.63) is 71.8 Å². The number of anilines is 1. The molecular weight excluding hydrogens is 1370 g/mol. The molecule has 0 aliphatic carbocycles. The molecule has 2 amide bonds. The average molecular weight is 1480 g/mol. The molecule has 0 aromatic carbocycles. The number of alkyl carbamates (subject to hydrolysis) is 2. The maximum atomic E-state index is 12.4. The minimum absolute atomic E-state index is 0.00660. The van der Waals surface area contributed by atoms with Gasteiger partial charge < -0.3 is 122 Å². The minimum Gasteiger partial charge on any atom is -0.463 e. The van der Waals surface area contributed by atoms with Crippen molar-refractivity contribution in [2.24, 2.45) is 0 Å². The Kier molecular flexibility index (Phi) is 49.4. The normalized spacial score (nSPS) is 15.3. The number of amides is 2. The van der Waals surface area contributed by atoms with Gasteiger partial charge >= 0.3 is 59.9 Å². The summed E-state index contributed by atoms with van der Waals surface area (Å²) in [4.78, 5) is 121. The van der Waals surface area contributed by atoms with E-state index in [0.717, 1.165) is 51.6 Å². The van der Waals surface area contributed by atoms with Gasteiger partial charge in [0, 0.05) is 59.1 Å². The first-order valence-electron chi connectivity index (χ1n) is 33.3. The number of aliphatic hydroxyl groups excluding tert-OH is 4. The molecule has 1 aliphatic rings. The van der Waals surface area contributed by atoms with Crippen molar-refractivity contribution in [3.8, 4) is 0 Å².